The molecule has 0 aliphatic rings. The number of benzene rings is 3. The molecule has 3 aromatic carbocycles. The van der Waals surface area contributed by atoms with Crippen molar-refractivity contribution >= 4 is 50.9 Å². The molecule has 0 aliphatic carbocycles. The molecule has 1 heterocycles. The SMILES string of the molecule is S=C(N/N=C/c1c[nH]c2c1ccc1ccccc12)Nc1ccccc1. The van der Waals surface area contributed by atoms with Gasteiger partial charge in [0.25, 0.3) is 0 Å². The highest BCUT2D eigenvalue weighted by atomic mass is 32.1. The number of fused-ring (bicyclic) bond motifs is 3. The fourth-order valence-corrected chi connectivity index (χ4v) is 3.01. The summed E-state index contributed by atoms with van der Waals surface area (Å²) in [7, 11) is 0. The third-order valence-corrected chi connectivity index (χ3v) is 4.21. The standard InChI is InChI=1S/C20H16N4S/c25-20(23-16-7-2-1-3-8-16)24-22-13-15-12-21-19-17-9-5-4-6-14(17)10-11-18(15)19/h1-13,21H,(H2,23,24,25)/b22-13+. The molecule has 0 radical (unpaired) electrons. The van der Waals surface area contributed by atoms with Crippen LogP contribution in [-0.4, -0.2) is 16.3 Å². The van der Waals surface area contributed by atoms with Crippen LogP contribution in [0, 0.1) is 0 Å². The predicted molar refractivity (Wildman–Crippen MR) is 109 cm³/mol. The number of rotatable bonds is 3. The van der Waals surface area contributed by atoms with Gasteiger partial charge < -0.3 is 10.3 Å². The summed E-state index contributed by atoms with van der Waals surface area (Å²) in [4.78, 5) is 3.34. The minimum atomic E-state index is 0.452. The summed E-state index contributed by atoms with van der Waals surface area (Å²) in [6.07, 6.45) is 3.72. The van der Waals surface area contributed by atoms with Crippen molar-refractivity contribution in [3.63, 3.8) is 0 Å². The summed E-state index contributed by atoms with van der Waals surface area (Å²) >= 11 is 5.25. The van der Waals surface area contributed by atoms with E-state index in [9.17, 15) is 0 Å². The summed E-state index contributed by atoms with van der Waals surface area (Å²) in [5.74, 6) is 0. The van der Waals surface area contributed by atoms with Crippen LogP contribution in [0.4, 0.5) is 5.69 Å². The Labute approximate surface area is 150 Å². The lowest BCUT2D eigenvalue weighted by molar-refractivity contribution is 1.05. The lowest BCUT2D eigenvalue weighted by Crippen LogP contribution is -2.23. The van der Waals surface area contributed by atoms with E-state index >= 15 is 0 Å². The highest BCUT2D eigenvalue weighted by Gasteiger charge is 2.05. The van der Waals surface area contributed by atoms with Crippen LogP contribution in [0.15, 0.2) is 78.0 Å². The predicted octanol–water partition coefficient (Wildman–Crippen LogP) is 4.64. The average Bonchev–Trinajstić information content (AvgIpc) is 3.06. The average molecular weight is 344 g/mol. The van der Waals surface area contributed by atoms with Gasteiger partial charge in [-0.1, -0.05) is 54.6 Å². The van der Waals surface area contributed by atoms with E-state index < -0.39 is 0 Å². The Balaban J connectivity index is 1.52. The molecule has 25 heavy (non-hydrogen) atoms. The molecule has 5 heteroatoms. The maximum atomic E-state index is 5.25. The van der Waals surface area contributed by atoms with E-state index in [-0.39, 0.29) is 0 Å². The Hall–Kier alpha value is -3.18. The molecule has 0 bridgehead atoms. The molecule has 3 N–H and O–H groups in total. The van der Waals surface area contributed by atoms with Crippen LogP contribution in [0.2, 0.25) is 0 Å². The molecule has 0 saturated carbocycles. The zero-order valence-electron chi connectivity index (χ0n) is 13.4. The Morgan fingerprint density at radius 1 is 0.920 bits per heavy atom. The minimum absolute atomic E-state index is 0.452. The number of hydrazone groups is 1. The monoisotopic (exact) mass is 344 g/mol. The van der Waals surface area contributed by atoms with Crippen molar-refractivity contribution in [3.05, 3.63) is 78.5 Å². The van der Waals surface area contributed by atoms with E-state index in [0.29, 0.717) is 5.11 Å². The van der Waals surface area contributed by atoms with E-state index in [2.05, 4.69) is 45.1 Å². The van der Waals surface area contributed by atoms with Crippen LogP contribution in [0.1, 0.15) is 5.56 Å². The van der Waals surface area contributed by atoms with E-state index in [1.54, 1.807) is 6.21 Å². The van der Waals surface area contributed by atoms with Crippen molar-refractivity contribution in [1.82, 2.24) is 10.4 Å². The molecule has 0 aliphatic heterocycles. The van der Waals surface area contributed by atoms with Gasteiger partial charge in [-0.05, 0) is 29.7 Å². The zero-order valence-corrected chi connectivity index (χ0v) is 14.2. The molecule has 4 nitrogen and oxygen atoms in total. The number of aromatic amines is 1. The van der Waals surface area contributed by atoms with Crippen LogP contribution in [0.5, 0.6) is 0 Å². The quantitative estimate of drug-likeness (QED) is 0.288. The number of hydrogen-bond acceptors (Lipinski definition) is 2. The zero-order chi connectivity index (χ0) is 17.1. The van der Waals surface area contributed by atoms with Crippen LogP contribution in [0.25, 0.3) is 21.7 Å². The van der Waals surface area contributed by atoms with Crippen molar-refractivity contribution in [2.24, 2.45) is 5.10 Å². The van der Waals surface area contributed by atoms with Gasteiger partial charge in [-0.3, -0.25) is 5.43 Å². The molecule has 0 unspecified atom stereocenters. The van der Waals surface area contributed by atoms with Gasteiger partial charge in [-0.15, -0.1) is 0 Å². The van der Waals surface area contributed by atoms with Gasteiger partial charge in [0.15, 0.2) is 5.11 Å². The van der Waals surface area contributed by atoms with Gasteiger partial charge in [0.05, 0.1) is 11.7 Å². The van der Waals surface area contributed by atoms with E-state index in [4.69, 9.17) is 12.2 Å². The Morgan fingerprint density at radius 2 is 1.72 bits per heavy atom. The largest absolute Gasteiger partial charge is 0.360 e. The smallest absolute Gasteiger partial charge is 0.191 e. The molecular weight excluding hydrogens is 328 g/mol. The minimum Gasteiger partial charge on any atom is -0.360 e. The number of hydrogen-bond donors (Lipinski definition) is 3. The van der Waals surface area contributed by atoms with Crippen LogP contribution in [0.3, 0.4) is 0 Å². The molecule has 4 rings (SSSR count). The summed E-state index contributed by atoms with van der Waals surface area (Å²) in [6, 6.07) is 22.3. The molecule has 0 spiro atoms. The van der Waals surface area contributed by atoms with Gasteiger partial charge in [-0.2, -0.15) is 5.10 Å². The Morgan fingerprint density at radius 3 is 2.60 bits per heavy atom. The summed E-state index contributed by atoms with van der Waals surface area (Å²) in [5.41, 5.74) is 5.90. The van der Waals surface area contributed by atoms with Crippen molar-refractivity contribution in [3.8, 4) is 0 Å². The van der Waals surface area contributed by atoms with Gasteiger partial charge >= 0.3 is 0 Å². The first-order valence-corrected chi connectivity index (χ1v) is 8.36. The first kappa shape index (κ1) is 15.4. The first-order valence-electron chi connectivity index (χ1n) is 7.95. The van der Waals surface area contributed by atoms with E-state index in [0.717, 1.165) is 22.2 Å². The number of para-hydroxylation sites is 1. The number of thiocarbonyl (C=S) groups is 1. The van der Waals surface area contributed by atoms with Gasteiger partial charge in [0.1, 0.15) is 0 Å². The second kappa shape index (κ2) is 6.75. The third kappa shape index (κ3) is 3.22. The maximum absolute atomic E-state index is 5.25. The second-order valence-electron chi connectivity index (χ2n) is 5.64. The van der Waals surface area contributed by atoms with Crippen LogP contribution < -0.4 is 10.7 Å². The number of nitrogens with zero attached hydrogens (tertiary/aromatic N) is 1. The number of aromatic nitrogens is 1. The molecule has 0 fully saturated rings. The van der Waals surface area contributed by atoms with Crippen molar-refractivity contribution in [1.29, 1.82) is 0 Å². The van der Waals surface area contributed by atoms with E-state index in [1.165, 1.54) is 10.8 Å². The van der Waals surface area contributed by atoms with Crippen LogP contribution in [-0.2, 0) is 0 Å². The van der Waals surface area contributed by atoms with Crippen LogP contribution >= 0.6 is 12.2 Å². The highest BCUT2D eigenvalue weighted by molar-refractivity contribution is 7.80. The summed E-state index contributed by atoms with van der Waals surface area (Å²) < 4.78 is 0. The van der Waals surface area contributed by atoms with Gasteiger partial charge in [0, 0.05) is 28.2 Å². The number of H-pyrrole nitrogens is 1. The molecule has 0 atom stereocenters. The number of nitrogens with one attached hydrogen (secondary N) is 3. The van der Waals surface area contributed by atoms with Crippen molar-refractivity contribution < 1.29 is 0 Å². The number of anilines is 1. The van der Waals surface area contributed by atoms with E-state index in [1.807, 2.05) is 48.7 Å². The highest BCUT2D eigenvalue weighted by Crippen LogP contribution is 2.26. The molecule has 1 aromatic heterocycles. The first-order chi connectivity index (χ1) is 12.3. The molecule has 0 amide bonds. The molecular formula is C20H16N4S. The van der Waals surface area contributed by atoms with Crippen molar-refractivity contribution in [2.45, 2.75) is 0 Å². The normalized spacial score (nSPS) is 11.2. The molecule has 0 saturated heterocycles. The molecule has 4 aromatic rings. The molecule has 122 valence electrons. The topological polar surface area (TPSA) is 52.2 Å². The maximum Gasteiger partial charge on any atom is 0.191 e. The fourth-order valence-electron chi connectivity index (χ4n) is 2.84. The lowest BCUT2D eigenvalue weighted by atomic mass is 10.1. The van der Waals surface area contributed by atoms with Gasteiger partial charge in [0.2, 0.25) is 0 Å². The second-order valence-corrected chi connectivity index (χ2v) is 6.05. The fraction of sp³-hybridized carbons (Fsp3) is 0. The van der Waals surface area contributed by atoms with Gasteiger partial charge in [-0.25, -0.2) is 0 Å². The Bertz CT molecular complexity index is 1070. The summed E-state index contributed by atoms with van der Waals surface area (Å²) in [5, 5.41) is 11.3. The lowest BCUT2D eigenvalue weighted by Gasteiger charge is -2.06. The third-order valence-electron chi connectivity index (χ3n) is 4.01. The summed E-state index contributed by atoms with van der Waals surface area (Å²) in [6.45, 7) is 0. The van der Waals surface area contributed by atoms with Crippen molar-refractivity contribution in [2.75, 3.05) is 5.32 Å². The Kier molecular flexibility index (Phi) is 4.14.